The molecule has 0 amide bonds. The van der Waals surface area contributed by atoms with E-state index in [0.29, 0.717) is 6.54 Å². The zero-order valence-corrected chi connectivity index (χ0v) is 15.3. The van der Waals surface area contributed by atoms with E-state index in [-0.39, 0.29) is 24.0 Å². The van der Waals surface area contributed by atoms with Crippen LogP contribution in [0.4, 0.5) is 0 Å². The molecule has 1 aromatic heterocycles. The minimum atomic E-state index is 0. The first-order chi connectivity index (χ1) is 10.3. The first kappa shape index (κ1) is 18.4. The van der Waals surface area contributed by atoms with Crippen LogP contribution in [-0.2, 0) is 6.54 Å². The van der Waals surface area contributed by atoms with Crippen LogP contribution in [0.5, 0.6) is 0 Å². The maximum atomic E-state index is 4.59. The monoisotopic (exact) mass is 414 g/mol. The van der Waals surface area contributed by atoms with Crippen LogP contribution in [0.2, 0.25) is 0 Å². The zero-order valence-electron chi connectivity index (χ0n) is 13.0. The Morgan fingerprint density at radius 2 is 2.14 bits per heavy atom. The van der Waals surface area contributed by atoms with Gasteiger partial charge in [0, 0.05) is 18.7 Å². The Labute approximate surface area is 148 Å². The van der Waals surface area contributed by atoms with Crippen LogP contribution in [0, 0.1) is 0 Å². The number of aliphatic imine (C=N–C) groups is 1. The van der Waals surface area contributed by atoms with Crippen molar-refractivity contribution in [2.75, 3.05) is 13.1 Å². The lowest BCUT2D eigenvalue weighted by atomic mass is 10.1. The van der Waals surface area contributed by atoms with Gasteiger partial charge >= 0.3 is 0 Å². The highest BCUT2D eigenvalue weighted by Crippen LogP contribution is 2.15. The second kappa shape index (κ2) is 10.1. The molecule has 120 valence electrons. The number of aromatic nitrogens is 3. The van der Waals surface area contributed by atoms with Gasteiger partial charge in [0.05, 0.1) is 6.54 Å². The van der Waals surface area contributed by atoms with Crippen molar-refractivity contribution in [3.63, 3.8) is 0 Å². The average Bonchev–Trinajstić information content (AvgIpc) is 3.05. The molecule has 2 aromatic rings. The van der Waals surface area contributed by atoms with Crippen molar-refractivity contribution in [3.05, 3.63) is 36.2 Å². The number of halogens is 1. The van der Waals surface area contributed by atoms with Gasteiger partial charge in [-0.25, -0.2) is 9.98 Å². The van der Waals surface area contributed by atoms with E-state index in [1.54, 1.807) is 0 Å². The van der Waals surface area contributed by atoms with Gasteiger partial charge in [-0.05, 0) is 25.0 Å². The quantitative estimate of drug-likeness (QED) is 0.386. The highest BCUT2D eigenvalue weighted by atomic mass is 127. The predicted octanol–water partition coefficient (Wildman–Crippen LogP) is 2.55. The van der Waals surface area contributed by atoms with Crippen molar-refractivity contribution in [2.45, 2.75) is 26.8 Å². The molecule has 0 aliphatic carbocycles. The fraction of sp³-hybridized carbons (Fsp3) is 0.400. The molecule has 0 bridgehead atoms. The largest absolute Gasteiger partial charge is 0.357 e. The molecule has 3 N–H and O–H groups in total. The summed E-state index contributed by atoms with van der Waals surface area (Å²) in [5.74, 6) is 1.63. The van der Waals surface area contributed by atoms with Crippen LogP contribution < -0.4 is 10.6 Å². The molecule has 0 spiro atoms. The molecule has 0 saturated carbocycles. The first-order valence-electron chi connectivity index (χ1n) is 7.30. The van der Waals surface area contributed by atoms with Gasteiger partial charge in [-0.2, -0.15) is 5.10 Å². The molecule has 6 nitrogen and oxygen atoms in total. The molecule has 0 fully saturated rings. The molecule has 0 aliphatic heterocycles. The molecule has 0 aliphatic rings. The summed E-state index contributed by atoms with van der Waals surface area (Å²) in [6, 6.07) is 8.16. The van der Waals surface area contributed by atoms with E-state index in [2.05, 4.69) is 56.8 Å². The summed E-state index contributed by atoms with van der Waals surface area (Å²) < 4.78 is 0. The smallest absolute Gasteiger partial charge is 0.191 e. The molecular formula is C15H23IN6. The number of rotatable bonds is 6. The Hall–Kier alpha value is -1.64. The lowest BCUT2D eigenvalue weighted by Crippen LogP contribution is -2.37. The van der Waals surface area contributed by atoms with Gasteiger partial charge in [0.15, 0.2) is 11.8 Å². The molecule has 2 rings (SSSR count). The van der Waals surface area contributed by atoms with E-state index in [0.717, 1.165) is 42.4 Å². The standard InChI is InChI=1S/C15H22N6.HI/c1-3-8-17-15(16-4-2)18-10-12-6-5-7-13(9-12)14-19-11-20-21-14;/h5-7,9,11H,3-4,8,10H2,1-2H3,(H2,16,17,18)(H,19,20,21);1H. The number of H-pyrrole nitrogens is 1. The van der Waals surface area contributed by atoms with E-state index in [9.17, 15) is 0 Å². The van der Waals surface area contributed by atoms with Crippen LogP contribution in [0.3, 0.4) is 0 Å². The molecule has 0 unspecified atom stereocenters. The van der Waals surface area contributed by atoms with Crippen molar-refractivity contribution in [1.82, 2.24) is 25.8 Å². The lowest BCUT2D eigenvalue weighted by Gasteiger charge is -2.10. The van der Waals surface area contributed by atoms with Crippen LogP contribution in [0.1, 0.15) is 25.8 Å². The number of guanidine groups is 1. The van der Waals surface area contributed by atoms with Crippen molar-refractivity contribution in [1.29, 1.82) is 0 Å². The maximum Gasteiger partial charge on any atom is 0.191 e. The van der Waals surface area contributed by atoms with Crippen LogP contribution in [0.15, 0.2) is 35.6 Å². The Balaban J connectivity index is 0.00000242. The van der Waals surface area contributed by atoms with Crippen LogP contribution >= 0.6 is 24.0 Å². The highest BCUT2D eigenvalue weighted by molar-refractivity contribution is 14.0. The summed E-state index contributed by atoms with van der Waals surface area (Å²) in [5.41, 5.74) is 2.16. The minimum Gasteiger partial charge on any atom is -0.357 e. The van der Waals surface area contributed by atoms with Gasteiger partial charge in [-0.15, -0.1) is 24.0 Å². The minimum absolute atomic E-state index is 0. The zero-order chi connectivity index (χ0) is 14.9. The second-order valence-corrected chi connectivity index (χ2v) is 4.66. The maximum absolute atomic E-state index is 4.59. The van der Waals surface area contributed by atoms with Gasteiger partial charge in [0.1, 0.15) is 6.33 Å². The van der Waals surface area contributed by atoms with Gasteiger partial charge in [0.2, 0.25) is 0 Å². The molecule has 0 radical (unpaired) electrons. The third kappa shape index (κ3) is 5.63. The van der Waals surface area contributed by atoms with Crippen molar-refractivity contribution in [2.24, 2.45) is 4.99 Å². The molecule has 7 heteroatoms. The SMILES string of the molecule is CCCNC(=NCc1cccc(-c2ncn[nH]2)c1)NCC.I. The van der Waals surface area contributed by atoms with E-state index in [1.807, 2.05) is 12.1 Å². The molecule has 22 heavy (non-hydrogen) atoms. The molecule has 1 heterocycles. The number of hydrogen-bond acceptors (Lipinski definition) is 3. The highest BCUT2D eigenvalue weighted by Gasteiger charge is 2.02. The number of benzene rings is 1. The predicted molar refractivity (Wildman–Crippen MR) is 100 cm³/mol. The number of nitrogens with one attached hydrogen (secondary N) is 3. The summed E-state index contributed by atoms with van der Waals surface area (Å²) in [7, 11) is 0. The van der Waals surface area contributed by atoms with Crippen LogP contribution in [-0.4, -0.2) is 34.2 Å². The molecule has 0 saturated heterocycles. The number of nitrogens with zero attached hydrogens (tertiary/aromatic N) is 3. The van der Waals surface area contributed by atoms with Crippen molar-refractivity contribution in [3.8, 4) is 11.4 Å². The number of hydrogen-bond donors (Lipinski definition) is 3. The summed E-state index contributed by atoms with van der Waals surface area (Å²) in [6.07, 6.45) is 2.59. The average molecular weight is 414 g/mol. The van der Waals surface area contributed by atoms with Crippen molar-refractivity contribution < 1.29 is 0 Å². The Morgan fingerprint density at radius 3 is 2.82 bits per heavy atom. The first-order valence-corrected chi connectivity index (χ1v) is 7.30. The van der Waals surface area contributed by atoms with E-state index in [1.165, 1.54) is 6.33 Å². The van der Waals surface area contributed by atoms with Crippen LogP contribution in [0.25, 0.3) is 11.4 Å². The topological polar surface area (TPSA) is 78.0 Å². The Kier molecular flexibility index (Phi) is 8.49. The fourth-order valence-electron chi connectivity index (χ4n) is 1.92. The van der Waals surface area contributed by atoms with E-state index >= 15 is 0 Å². The summed E-state index contributed by atoms with van der Waals surface area (Å²) in [6.45, 7) is 6.60. The fourth-order valence-corrected chi connectivity index (χ4v) is 1.92. The molecular weight excluding hydrogens is 391 g/mol. The second-order valence-electron chi connectivity index (χ2n) is 4.66. The Bertz CT molecular complexity index is 567. The number of aromatic amines is 1. The lowest BCUT2D eigenvalue weighted by molar-refractivity contribution is 0.785. The molecule has 1 aromatic carbocycles. The summed E-state index contributed by atoms with van der Waals surface area (Å²) in [4.78, 5) is 8.76. The van der Waals surface area contributed by atoms with Gasteiger partial charge in [-0.3, -0.25) is 5.10 Å². The normalized spacial score (nSPS) is 10.9. The summed E-state index contributed by atoms with van der Waals surface area (Å²) in [5, 5.41) is 13.3. The van der Waals surface area contributed by atoms with Gasteiger partial charge in [0.25, 0.3) is 0 Å². The van der Waals surface area contributed by atoms with E-state index < -0.39 is 0 Å². The Morgan fingerprint density at radius 1 is 1.27 bits per heavy atom. The third-order valence-electron chi connectivity index (χ3n) is 2.92. The van der Waals surface area contributed by atoms with Crippen molar-refractivity contribution >= 4 is 29.9 Å². The molecule has 0 atom stereocenters. The third-order valence-corrected chi connectivity index (χ3v) is 2.92. The van der Waals surface area contributed by atoms with Gasteiger partial charge in [-0.1, -0.05) is 25.1 Å². The summed E-state index contributed by atoms with van der Waals surface area (Å²) >= 11 is 0. The van der Waals surface area contributed by atoms with E-state index in [4.69, 9.17) is 0 Å². The van der Waals surface area contributed by atoms with Gasteiger partial charge < -0.3 is 10.6 Å².